The summed E-state index contributed by atoms with van der Waals surface area (Å²) in [7, 11) is 0. The molecule has 1 nitrogen and oxygen atoms in total. The van der Waals surface area contributed by atoms with Crippen molar-refractivity contribution < 1.29 is 4.74 Å². The number of rotatable bonds is 3. The molecule has 1 fully saturated rings. The van der Waals surface area contributed by atoms with Crippen LogP contribution in [0, 0.1) is 3.57 Å². The van der Waals surface area contributed by atoms with Crippen molar-refractivity contribution in [3.8, 4) is 5.75 Å². The molecule has 1 aliphatic rings. The second-order valence-corrected chi connectivity index (χ2v) is 5.32. The predicted octanol–water partition coefficient (Wildman–Crippen LogP) is 3.96. The van der Waals surface area contributed by atoms with Gasteiger partial charge in [0.05, 0.1) is 6.10 Å². The van der Waals surface area contributed by atoms with Gasteiger partial charge in [-0.2, -0.15) is 0 Å². The van der Waals surface area contributed by atoms with E-state index in [1.807, 2.05) is 0 Å². The molecule has 14 heavy (non-hydrogen) atoms. The van der Waals surface area contributed by atoms with Crippen LogP contribution < -0.4 is 4.74 Å². The predicted molar refractivity (Wildman–Crippen MR) is 66.9 cm³/mol. The van der Waals surface area contributed by atoms with Gasteiger partial charge in [-0.15, -0.1) is 0 Å². The largest absolute Gasteiger partial charge is 0.490 e. The maximum Gasteiger partial charge on any atom is 0.120 e. The van der Waals surface area contributed by atoms with Crippen LogP contribution in [0.1, 0.15) is 38.2 Å². The normalized spacial score (nSPS) is 16.0. The van der Waals surface area contributed by atoms with Crippen LogP contribution in [0.4, 0.5) is 0 Å². The summed E-state index contributed by atoms with van der Waals surface area (Å²) >= 11 is 2.39. The highest BCUT2D eigenvalue weighted by Crippen LogP contribution is 2.30. The molecule has 0 amide bonds. The van der Waals surface area contributed by atoms with E-state index in [1.165, 1.54) is 22.0 Å². The van der Waals surface area contributed by atoms with Gasteiger partial charge < -0.3 is 4.74 Å². The highest BCUT2D eigenvalue weighted by Gasteiger charge is 2.23. The van der Waals surface area contributed by atoms with Gasteiger partial charge in [0, 0.05) is 3.57 Å². The minimum atomic E-state index is 0.495. The van der Waals surface area contributed by atoms with Gasteiger partial charge in [-0.05, 0) is 65.1 Å². The lowest BCUT2D eigenvalue weighted by atomic mass is 10.0. The first kappa shape index (κ1) is 10.3. The smallest absolute Gasteiger partial charge is 0.120 e. The number of benzene rings is 1. The summed E-state index contributed by atoms with van der Waals surface area (Å²) in [4.78, 5) is 0. The molecule has 0 N–H and O–H groups in total. The summed E-state index contributed by atoms with van der Waals surface area (Å²) in [5.74, 6) is 1.61. The molecule has 0 atom stereocenters. The molecule has 0 saturated heterocycles. The Labute approximate surface area is 99.0 Å². The third-order valence-corrected chi connectivity index (χ3v) is 3.40. The Bertz CT molecular complexity index is 329. The molecule has 0 aromatic heterocycles. The van der Waals surface area contributed by atoms with Crippen molar-refractivity contribution >= 4 is 22.6 Å². The van der Waals surface area contributed by atoms with Crippen LogP contribution >= 0.6 is 22.6 Å². The zero-order valence-electron chi connectivity index (χ0n) is 8.59. The Morgan fingerprint density at radius 2 is 2.07 bits per heavy atom. The van der Waals surface area contributed by atoms with Crippen molar-refractivity contribution in [1.29, 1.82) is 0 Å². The van der Waals surface area contributed by atoms with E-state index in [4.69, 9.17) is 4.74 Å². The monoisotopic (exact) mass is 302 g/mol. The van der Waals surface area contributed by atoms with Crippen LogP contribution in [0.15, 0.2) is 18.2 Å². The van der Waals surface area contributed by atoms with E-state index in [2.05, 4.69) is 54.6 Å². The molecule has 0 aliphatic heterocycles. The molecule has 2 heteroatoms. The van der Waals surface area contributed by atoms with E-state index < -0.39 is 0 Å². The Hall–Kier alpha value is -0.250. The number of hydrogen-bond acceptors (Lipinski definition) is 1. The average Bonchev–Trinajstić information content (AvgIpc) is 2.92. The van der Waals surface area contributed by atoms with Crippen molar-refractivity contribution in [2.24, 2.45) is 0 Å². The van der Waals surface area contributed by atoms with Crippen molar-refractivity contribution in [3.63, 3.8) is 0 Å². The fourth-order valence-corrected chi connectivity index (χ4v) is 2.37. The first-order valence-corrected chi connectivity index (χ1v) is 6.21. The molecular formula is C12H15IO. The fraction of sp³-hybridized carbons (Fsp3) is 0.500. The summed E-state index contributed by atoms with van der Waals surface area (Å²) in [6.45, 7) is 4.44. The maximum atomic E-state index is 5.77. The first-order chi connectivity index (χ1) is 6.66. The van der Waals surface area contributed by atoms with Crippen molar-refractivity contribution in [2.75, 3.05) is 0 Å². The first-order valence-electron chi connectivity index (χ1n) is 5.13. The molecule has 0 unspecified atom stereocenters. The summed E-state index contributed by atoms with van der Waals surface area (Å²) in [5, 5.41) is 0. The van der Waals surface area contributed by atoms with Gasteiger partial charge in [-0.25, -0.2) is 0 Å². The molecule has 76 valence electrons. The van der Waals surface area contributed by atoms with Crippen LogP contribution in [0.2, 0.25) is 0 Å². The molecule has 2 rings (SSSR count). The molecule has 1 aromatic carbocycles. The fourth-order valence-electron chi connectivity index (χ4n) is 1.42. The summed E-state index contributed by atoms with van der Waals surface area (Å²) in [6, 6.07) is 6.41. The van der Waals surface area contributed by atoms with Gasteiger partial charge in [-0.3, -0.25) is 0 Å². The van der Waals surface area contributed by atoms with E-state index in [9.17, 15) is 0 Å². The Kier molecular flexibility index (Phi) is 3.00. The average molecular weight is 302 g/mol. The van der Waals surface area contributed by atoms with Gasteiger partial charge in [0.15, 0.2) is 0 Å². The van der Waals surface area contributed by atoms with Crippen LogP contribution in [-0.2, 0) is 0 Å². The topological polar surface area (TPSA) is 9.23 Å². The SMILES string of the molecule is CC(C)c1cc(OC2CC2)ccc1I. The van der Waals surface area contributed by atoms with E-state index in [1.54, 1.807) is 0 Å². The second-order valence-electron chi connectivity index (χ2n) is 4.16. The third-order valence-electron chi connectivity index (χ3n) is 2.42. The van der Waals surface area contributed by atoms with E-state index in [0.717, 1.165) is 5.75 Å². The lowest BCUT2D eigenvalue weighted by Crippen LogP contribution is -1.98. The van der Waals surface area contributed by atoms with Crippen LogP contribution in [-0.4, -0.2) is 6.10 Å². The molecule has 1 saturated carbocycles. The van der Waals surface area contributed by atoms with E-state index in [0.29, 0.717) is 12.0 Å². The van der Waals surface area contributed by atoms with Crippen LogP contribution in [0.25, 0.3) is 0 Å². The van der Waals surface area contributed by atoms with Crippen LogP contribution in [0.3, 0.4) is 0 Å². The lowest BCUT2D eigenvalue weighted by Gasteiger charge is -2.11. The van der Waals surface area contributed by atoms with Crippen molar-refractivity contribution in [1.82, 2.24) is 0 Å². The molecule has 0 radical (unpaired) electrons. The van der Waals surface area contributed by atoms with Crippen molar-refractivity contribution in [3.05, 3.63) is 27.3 Å². The highest BCUT2D eigenvalue weighted by atomic mass is 127. The standard InChI is InChI=1S/C12H15IO/c1-8(2)11-7-10(5-6-12(11)13)14-9-3-4-9/h5-9H,3-4H2,1-2H3. The summed E-state index contributed by atoms with van der Waals surface area (Å²) < 4.78 is 7.10. The number of ether oxygens (including phenoxy) is 1. The Balaban J connectivity index is 2.20. The quantitative estimate of drug-likeness (QED) is 0.768. The van der Waals surface area contributed by atoms with E-state index >= 15 is 0 Å². The van der Waals surface area contributed by atoms with E-state index in [-0.39, 0.29) is 0 Å². The van der Waals surface area contributed by atoms with Crippen molar-refractivity contribution in [2.45, 2.75) is 38.7 Å². The minimum absolute atomic E-state index is 0.495. The summed E-state index contributed by atoms with van der Waals surface area (Å²) in [5.41, 5.74) is 1.39. The molecule has 0 heterocycles. The zero-order chi connectivity index (χ0) is 10.1. The van der Waals surface area contributed by atoms with Gasteiger partial charge in [0.2, 0.25) is 0 Å². The third kappa shape index (κ3) is 2.41. The molecule has 1 aliphatic carbocycles. The molecule has 1 aromatic rings. The Morgan fingerprint density at radius 3 is 2.64 bits per heavy atom. The van der Waals surface area contributed by atoms with Gasteiger partial charge in [-0.1, -0.05) is 13.8 Å². The number of halogens is 1. The molecule has 0 spiro atoms. The Morgan fingerprint density at radius 1 is 1.36 bits per heavy atom. The molecule has 0 bridgehead atoms. The van der Waals surface area contributed by atoms with Crippen LogP contribution in [0.5, 0.6) is 5.75 Å². The van der Waals surface area contributed by atoms with Gasteiger partial charge >= 0.3 is 0 Å². The van der Waals surface area contributed by atoms with Gasteiger partial charge in [0.1, 0.15) is 5.75 Å². The minimum Gasteiger partial charge on any atom is -0.490 e. The zero-order valence-corrected chi connectivity index (χ0v) is 10.7. The molecular weight excluding hydrogens is 287 g/mol. The van der Waals surface area contributed by atoms with Gasteiger partial charge in [0.25, 0.3) is 0 Å². The lowest BCUT2D eigenvalue weighted by molar-refractivity contribution is 0.302. The number of hydrogen-bond donors (Lipinski definition) is 0. The second kappa shape index (κ2) is 4.09. The summed E-state index contributed by atoms with van der Waals surface area (Å²) in [6.07, 6.45) is 2.95. The highest BCUT2D eigenvalue weighted by molar-refractivity contribution is 14.1. The maximum absolute atomic E-state index is 5.77.